The number of rotatable bonds is 5. The zero-order valence-electron chi connectivity index (χ0n) is 15.5. The minimum Gasteiger partial charge on any atom is -0.352 e. The van der Waals surface area contributed by atoms with Crippen LogP contribution in [0.2, 0.25) is 5.02 Å². The van der Waals surface area contributed by atoms with Crippen molar-refractivity contribution in [2.24, 2.45) is 4.99 Å². The second-order valence-electron chi connectivity index (χ2n) is 7.03. The van der Waals surface area contributed by atoms with Crippen molar-refractivity contribution in [3.63, 3.8) is 0 Å². The lowest BCUT2D eigenvalue weighted by Crippen LogP contribution is -2.25. The van der Waals surface area contributed by atoms with Gasteiger partial charge in [-0.2, -0.15) is 0 Å². The van der Waals surface area contributed by atoms with E-state index in [1.807, 2.05) is 36.4 Å². The number of fused-ring (bicyclic) bond motifs is 1. The van der Waals surface area contributed by atoms with E-state index in [2.05, 4.69) is 15.6 Å². The van der Waals surface area contributed by atoms with Crippen molar-refractivity contribution in [1.82, 2.24) is 5.32 Å². The highest BCUT2D eigenvalue weighted by Crippen LogP contribution is 2.34. The zero-order valence-corrected chi connectivity index (χ0v) is 17.9. The minimum atomic E-state index is -2.95. The molecule has 1 saturated heterocycles. The molecule has 0 unspecified atom stereocenters. The van der Waals surface area contributed by atoms with Crippen LogP contribution in [-0.2, 0) is 16.3 Å². The van der Waals surface area contributed by atoms with Gasteiger partial charge in [-0.3, -0.25) is 9.79 Å². The number of benzene rings is 2. The molecule has 0 spiro atoms. The van der Waals surface area contributed by atoms with Crippen LogP contribution in [-0.4, -0.2) is 48.8 Å². The van der Waals surface area contributed by atoms with E-state index in [0.29, 0.717) is 23.6 Å². The van der Waals surface area contributed by atoms with E-state index in [1.165, 1.54) is 11.8 Å². The molecule has 0 aliphatic carbocycles. The van der Waals surface area contributed by atoms with Crippen LogP contribution < -0.4 is 10.6 Å². The predicted molar refractivity (Wildman–Crippen MR) is 119 cm³/mol. The standard InChI is InChI=1S/C20H20ClN3O3S2/c21-16-4-2-1-3-13(16)9-10-22-19(25)14-5-7-15(8-6-14)23-20-24-17-11-29(26,27)12-18(17)28-20/h1-8,17-18H,9-12H2,(H,22,25)(H,23,24)/t17-,18+/m0/s1. The molecule has 2 aliphatic rings. The Hall–Kier alpha value is -2.03. The summed E-state index contributed by atoms with van der Waals surface area (Å²) in [5.74, 6) is 0.170. The molecule has 29 heavy (non-hydrogen) atoms. The van der Waals surface area contributed by atoms with Crippen LogP contribution in [0.3, 0.4) is 0 Å². The first-order chi connectivity index (χ1) is 13.9. The molecule has 1 fully saturated rings. The molecule has 0 bridgehead atoms. The molecule has 1 amide bonds. The molecule has 0 saturated carbocycles. The van der Waals surface area contributed by atoms with Gasteiger partial charge in [0.2, 0.25) is 0 Å². The molecule has 152 valence electrons. The van der Waals surface area contributed by atoms with Crippen molar-refractivity contribution in [3.8, 4) is 0 Å². The van der Waals surface area contributed by atoms with Crippen LogP contribution in [0.4, 0.5) is 5.69 Å². The summed E-state index contributed by atoms with van der Waals surface area (Å²) in [6.45, 7) is 0.502. The number of halogens is 1. The summed E-state index contributed by atoms with van der Waals surface area (Å²) in [6.07, 6.45) is 0.667. The van der Waals surface area contributed by atoms with E-state index in [-0.39, 0.29) is 28.7 Å². The molecule has 2 aromatic carbocycles. The number of hydrogen-bond donors (Lipinski definition) is 2. The average Bonchev–Trinajstić information content (AvgIpc) is 3.16. The molecule has 6 nitrogen and oxygen atoms in total. The first-order valence-corrected chi connectivity index (χ1v) is 12.3. The third-order valence-corrected chi connectivity index (χ3v) is 8.36. The topological polar surface area (TPSA) is 87.6 Å². The summed E-state index contributed by atoms with van der Waals surface area (Å²) in [7, 11) is -2.95. The number of aliphatic imine (C=N–C) groups is 1. The van der Waals surface area contributed by atoms with Crippen LogP contribution in [0, 0.1) is 0 Å². The molecular weight excluding hydrogens is 430 g/mol. The number of amides is 1. The van der Waals surface area contributed by atoms with Gasteiger partial charge < -0.3 is 10.6 Å². The van der Waals surface area contributed by atoms with E-state index >= 15 is 0 Å². The molecule has 2 atom stereocenters. The van der Waals surface area contributed by atoms with Crippen LogP contribution in [0.15, 0.2) is 53.5 Å². The van der Waals surface area contributed by atoms with Crippen molar-refractivity contribution in [1.29, 1.82) is 0 Å². The average molecular weight is 450 g/mol. The Labute approximate surface area is 179 Å². The Kier molecular flexibility index (Phi) is 5.85. The van der Waals surface area contributed by atoms with Crippen molar-refractivity contribution in [3.05, 3.63) is 64.7 Å². The van der Waals surface area contributed by atoms with Crippen LogP contribution in [0.25, 0.3) is 0 Å². The molecule has 2 N–H and O–H groups in total. The molecule has 0 aromatic heterocycles. The Bertz CT molecular complexity index is 1050. The summed E-state index contributed by atoms with van der Waals surface area (Å²) in [6, 6.07) is 14.6. The molecule has 0 radical (unpaired) electrons. The summed E-state index contributed by atoms with van der Waals surface area (Å²) < 4.78 is 23.3. The number of sulfone groups is 1. The normalized spacial score (nSPS) is 22.0. The molecule has 9 heteroatoms. The van der Waals surface area contributed by atoms with Gasteiger partial charge in [-0.1, -0.05) is 41.6 Å². The highest BCUT2D eigenvalue weighted by molar-refractivity contribution is 8.15. The number of thioether (sulfide) groups is 1. The number of hydrogen-bond acceptors (Lipinski definition) is 6. The lowest BCUT2D eigenvalue weighted by molar-refractivity contribution is 0.0954. The SMILES string of the molecule is O=C(NCCc1ccccc1Cl)c1ccc(NC2=N[C@H]3CS(=O)(=O)C[C@H]3S2)cc1. The third kappa shape index (κ3) is 4.94. The van der Waals surface area contributed by atoms with Crippen LogP contribution >= 0.6 is 23.4 Å². The fourth-order valence-corrected chi connectivity index (χ4v) is 7.26. The molecule has 2 aliphatic heterocycles. The predicted octanol–water partition coefficient (Wildman–Crippen LogP) is 2.99. The minimum absolute atomic E-state index is 0.00525. The van der Waals surface area contributed by atoms with Crippen molar-refractivity contribution in [2.75, 3.05) is 23.4 Å². The van der Waals surface area contributed by atoms with E-state index in [1.54, 1.807) is 12.1 Å². The fourth-order valence-electron chi connectivity index (χ4n) is 3.36. The number of anilines is 1. The lowest BCUT2D eigenvalue weighted by Gasteiger charge is -2.09. The monoisotopic (exact) mass is 449 g/mol. The summed E-state index contributed by atoms with van der Waals surface area (Å²) in [4.78, 5) is 16.8. The van der Waals surface area contributed by atoms with Gasteiger partial charge in [-0.25, -0.2) is 8.42 Å². The highest BCUT2D eigenvalue weighted by atomic mass is 35.5. The summed E-state index contributed by atoms with van der Waals surface area (Å²) in [5, 5.41) is 7.54. The van der Waals surface area contributed by atoms with Gasteiger partial charge in [-0.15, -0.1) is 0 Å². The molecule has 2 aromatic rings. The Morgan fingerprint density at radius 3 is 2.62 bits per heavy atom. The Morgan fingerprint density at radius 2 is 1.90 bits per heavy atom. The van der Waals surface area contributed by atoms with E-state index in [9.17, 15) is 13.2 Å². The van der Waals surface area contributed by atoms with Crippen molar-refractivity contribution < 1.29 is 13.2 Å². The molecule has 4 rings (SSSR count). The highest BCUT2D eigenvalue weighted by Gasteiger charge is 2.42. The number of carbonyl (C=O) groups excluding carboxylic acids is 1. The van der Waals surface area contributed by atoms with E-state index in [4.69, 9.17) is 11.6 Å². The van der Waals surface area contributed by atoms with Gasteiger partial charge in [0.1, 0.15) is 0 Å². The number of nitrogens with one attached hydrogen (secondary N) is 2. The first kappa shape index (κ1) is 20.3. The van der Waals surface area contributed by atoms with Gasteiger partial charge in [0, 0.05) is 28.1 Å². The molecule has 2 heterocycles. The Balaban J connectivity index is 1.29. The second kappa shape index (κ2) is 8.38. The van der Waals surface area contributed by atoms with Gasteiger partial charge in [0.25, 0.3) is 5.91 Å². The van der Waals surface area contributed by atoms with E-state index in [0.717, 1.165) is 16.4 Å². The summed E-state index contributed by atoms with van der Waals surface area (Å²) >= 11 is 7.60. The maximum Gasteiger partial charge on any atom is 0.251 e. The Morgan fingerprint density at radius 1 is 1.14 bits per heavy atom. The largest absolute Gasteiger partial charge is 0.352 e. The first-order valence-electron chi connectivity index (χ1n) is 9.23. The van der Waals surface area contributed by atoms with Crippen molar-refractivity contribution in [2.45, 2.75) is 17.7 Å². The third-order valence-electron chi connectivity index (χ3n) is 4.85. The maximum atomic E-state index is 12.3. The lowest BCUT2D eigenvalue weighted by atomic mass is 10.1. The van der Waals surface area contributed by atoms with Crippen LogP contribution in [0.5, 0.6) is 0 Å². The van der Waals surface area contributed by atoms with Gasteiger partial charge in [-0.05, 0) is 42.3 Å². The van der Waals surface area contributed by atoms with Gasteiger partial charge in [0.15, 0.2) is 15.0 Å². The maximum absolute atomic E-state index is 12.3. The second-order valence-corrected chi connectivity index (χ2v) is 10.8. The van der Waals surface area contributed by atoms with Gasteiger partial charge >= 0.3 is 0 Å². The molecular formula is C20H20ClN3O3S2. The summed E-state index contributed by atoms with van der Waals surface area (Å²) in [5.41, 5.74) is 2.38. The number of nitrogens with zero attached hydrogens (tertiary/aromatic N) is 1. The van der Waals surface area contributed by atoms with Crippen molar-refractivity contribution >= 4 is 50.0 Å². The quantitative estimate of drug-likeness (QED) is 0.732. The zero-order chi connectivity index (χ0) is 20.4. The fraction of sp³-hybridized carbons (Fsp3) is 0.300. The number of amidine groups is 1. The van der Waals surface area contributed by atoms with Gasteiger partial charge in [0.05, 0.1) is 17.5 Å². The number of carbonyl (C=O) groups is 1. The van der Waals surface area contributed by atoms with E-state index < -0.39 is 9.84 Å². The smallest absolute Gasteiger partial charge is 0.251 e. The van der Waals surface area contributed by atoms with Crippen LogP contribution in [0.1, 0.15) is 15.9 Å².